The van der Waals surface area contributed by atoms with Gasteiger partial charge in [0.2, 0.25) is 5.13 Å². The van der Waals surface area contributed by atoms with Crippen LogP contribution < -0.4 is 10.5 Å². The molecule has 0 bridgehead atoms. The molecule has 0 spiro atoms. The SMILES string of the molecule is CC(C)Cc1nnc(NS(=O)(=O)c2cn[nH]c2N)s1. The van der Waals surface area contributed by atoms with E-state index in [1.165, 1.54) is 11.3 Å². The van der Waals surface area contributed by atoms with Crippen molar-refractivity contribution in [3.05, 3.63) is 11.2 Å². The number of H-pyrrole nitrogens is 1. The lowest BCUT2D eigenvalue weighted by molar-refractivity contribution is 0.601. The van der Waals surface area contributed by atoms with E-state index < -0.39 is 10.0 Å². The average Bonchev–Trinajstić information content (AvgIpc) is 2.86. The molecule has 2 aromatic heterocycles. The molecule has 0 amide bonds. The van der Waals surface area contributed by atoms with Crippen molar-refractivity contribution < 1.29 is 8.42 Å². The molecule has 2 aromatic rings. The molecule has 0 saturated heterocycles. The molecule has 0 aliphatic heterocycles. The Labute approximate surface area is 114 Å². The summed E-state index contributed by atoms with van der Waals surface area (Å²) < 4.78 is 26.3. The quantitative estimate of drug-likeness (QED) is 0.751. The van der Waals surface area contributed by atoms with E-state index in [0.717, 1.165) is 17.6 Å². The van der Waals surface area contributed by atoms with Crippen LogP contribution in [0.5, 0.6) is 0 Å². The molecule has 2 rings (SSSR count). The predicted octanol–water partition coefficient (Wildman–Crippen LogP) is 0.843. The summed E-state index contributed by atoms with van der Waals surface area (Å²) in [6, 6.07) is 0. The van der Waals surface area contributed by atoms with Crippen LogP contribution in [-0.2, 0) is 16.4 Å². The Balaban J connectivity index is 2.17. The van der Waals surface area contributed by atoms with Gasteiger partial charge in [0, 0.05) is 6.42 Å². The fraction of sp³-hybridized carbons (Fsp3) is 0.444. The zero-order chi connectivity index (χ0) is 14.0. The van der Waals surface area contributed by atoms with Gasteiger partial charge in [-0.25, -0.2) is 8.42 Å². The van der Waals surface area contributed by atoms with Crippen LogP contribution in [-0.4, -0.2) is 28.8 Å². The highest BCUT2D eigenvalue weighted by atomic mass is 32.2. The lowest BCUT2D eigenvalue weighted by Crippen LogP contribution is -2.13. The van der Waals surface area contributed by atoms with Gasteiger partial charge in [0.1, 0.15) is 15.7 Å². The van der Waals surface area contributed by atoms with Gasteiger partial charge in [0.15, 0.2) is 0 Å². The van der Waals surface area contributed by atoms with Gasteiger partial charge in [0.25, 0.3) is 10.0 Å². The summed E-state index contributed by atoms with van der Waals surface area (Å²) in [5.41, 5.74) is 5.48. The van der Waals surface area contributed by atoms with Crippen LogP contribution in [0.3, 0.4) is 0 Å². The van der Waals surface area contributed by atoms with Crippen molar-refractivity contribution in [2.75, 3.05) is 10.5 Å². The Hall–Kier alpha value is -1.68. The number of nitrogen functional groups attached to an aromatic ring is 1. The summed E-state index contributed by atoms with van der Waals surface area (Å²) in [5.74, 6) is 0.418. The molecule has 0 unspecified atom stereocenters. The zero-order valence-electron chi connectivity index (χ0n) is 10.4. The molecule has 8 nitrogen and oxygen atoms in total. The first-order valence-corrected chi connectivity index (χ1v) is 7.82. The first kappa shape index (κ1) is 13.7. The Morgan fingerprint density at radius 3 is 2.79 bits per heavy atom. The molecule has 0 fully saturated rings. The number of anilines is 2. The molecule has 0 aliphatic rings. The number of aromatic amines is 1. The van der Waals surface area contributed by atoms with Crippen molar-refractivity contribution >= 4 is 32.3 Å². The zero-order valence-corrected chi connectivity index (χ0v) is 12.0. The van der Waals surface area contributed by atoms with Crippen LogP contribution in [0.1, 0.15) is 18.9 Å². The summed E-state index contributed by atoms with van der Waals surface area (Å²) in [7, 11) is -3.78. The first-order valence-electron chi connectivity index (χ1n) is 5.52. The molecular formula is C9H14N6O2S2. The second-order valence-corrected chi connectivity index (χ2v) is 7.07. The molecule has 0 aliphatic carbocycles. The molecule has 2 heterocycles. The van der Waals surface area contributed by atoms with Crippen molar-refractivity contribution in [3.63, 3.8) is 0 Å². The summed E-state index contributed by atoms with van der Waals surface area (Å²) in [4.78, 5) is -0.104. The van der Waals surface area contributed by atoms with E-state index in [1.54, 1.807) is 0 Å². The Bertz CT molecular complexity index is 660. The minimum atomic E-state index is -3.78. The van der Waals surface area contributed by atoms with Crippen molar-refractivity contribution in [2.45, 2.75) is 25.2 Å². The fourth-order valence-electron chi connectivity index (χ4n) is 1.40. The highest BCUT2D eigenvalue weighted by molar-refractivity contribution is 7.93. The number of nitrogens with zero attached hydrogens (tertiary/aromatic N) is 3. The molecule has 19 heavy (non-hydrogen) atoms. The molecule has 0 radical (unpaired) electrons. The van der Waals surface area contributed by atoms with Crippen LogP contribution >= 0.6 is 11.3 Å². The Kier molecular flexibility index (Phi) is 3.71. The van der Waals surface area contributed by atoms with Crippen molar-refractivity contribution in [3.8, 4) is 0 Å². The number of nitrogens with one attached hydrogen (secondary N) is 2. The Morgan fingerprint density at radius 1 is 1.47 bits per heavy atom. The first-order chi connectivity index (χ1) is 8.88. The van der Waals surface area contributed by atoms with Crippen LogP contribution in [0.25, 0.3) is 0 Å². The summed E-state index contributed by atoms with van der Waals surface area (Å²) in [5, 5.41) is 14.7. The van der Waals surface area contributed by atoms with E-state index in [9.17, 15) is 8.42 Å². The maximum absolute atomic E-state index is 12.0. The van der Waals surface area contributed by atoms with Gasteiger partial charge >= 0.3 is 0 Å². The van der Waals surface area contributed by atoms with Gasteiger partial charge in [-0.2, -0.15) is 5.10 Å². The smallest absolute Gasteiger partial charge is 0.268 e. The highest BCUT2D eigenvalue weighted by Gasteiger charge is 2.21. The van der Waals surface area contributed by atoms with Crippen molar-refractivity contribution in [1.82, 2.24) is 20.4 Å². The van der Waals surface area contributed by atoms with Crippen LogP contribution in [0.15, 0.2) is 11.1 Å². The van der Waals surface area contributed by atoms with Crippen molar-refractivity contribution in [2.24, 2.45) is 5.92 Å². The lowest BCUT2D eigenvalue weighted by atomic mass is 10.1. The van der Waals surface area contributed by atoms with Crippen LogP contribution in [0, 0.1) is 5.92 Å². The van der Waals surface area contributed by atoms with Crippen LogP contribution in [0.4, 0.5) is 10.9 Å². The molecule has 0 atom stereocenters. The lowest BCUT2D eigenvalue weighted by Gasteiger charge is -2.02. The molecule has 0 aromatic carbocycles. The number of nitrogens with two attached hydrogens (primary N) is 1. The van der Waals surface area contributed by atoms with Gasteiger partial charge in [-0.15, -0.1) is 10.2 Å². The van der Waals surface area contributed by atoms with Gasteiger partial charge in [0.05, 0.1) is 6.20 Å². The van der Waals surface area contributed by atoms with Gasteiger partial charge < -0.3 is 5.73 Å². The van der Waals surface area contributed by atoms with E-state index in [-0.39, 0.29) is 15.8 Å². The standard InChI is InChI=1S/C9H14N6O2S2/c1-5(2)3-7-12-14-9(18-7)15-19(16,17)6-4-11-13-8(6)10/h4-5H,3H2,1-2H3,(H,14,15)(H3,10,11,13). The minimum Gasteiger partial charge on any atom is -0.383 e. The number of aromatic nitrogens is 4. The van der Waals surface area contributed by atoms with E-state index in [2.05, 4.69) is 39.0 Å². The van der Waals surface area contributed by atoms with E-state index in [1.807, 2.05) is 0 Å². The topological polar surface area (TPSA) is 127 Å². The molecular weight excluding hydrogens is 288 g/mol. The second-order valence-electron chi connectivity index (χ2n) is 4.35. The normalized spacial score (nSPS) is 11.9. The monoisotopic (exact) mass is 302 g/mol. The van der Waals surface area contributed by atoms with Gasteiger partial charge in [-0.3, -0.25) is 9.82 Å². The number of sulfonamides is 1. The van der Waals surface area contributed by atoms with E-state index in [0.29, 0.717) is 5.92 Å². The van der Waals surface area contributed by atoms with Gasteiger partial charge in [-0.1, -0.05) is 25.2 Å². The number of hydrogen-bond donors (Lipinski definition) is 3. The van der Waals surface area contributed by atoms with Gasteiger partial charge in [-0.05, 0) is 5.92 Å². The highest BCUT2D eigenvalue weighted by Crippen LogP contribution is 2.23. The largest absolute Gasteiger partial charge is 0.383 e. The van der Waals surface area contributed by atoms with E-state index >= 15 is 0 Å². The summed E-state index contributed by atoms with van der Waals surface area (Å²) in [6.45, 7) is 4.11. The fourth-order valence-corrected chi connectivity index (χ4v) is 3.60. The number of hydrogen-bond acceptors (Lipinski definition) is 7. The summed E-state index contributed by atoms with van der Waals surface area (Å²) >= 11 is 1.21. The molecule has 0 saturated carbocycles. The molecule has 4 N–H and O–H groups in total. The Morgan fingerprint density at radius 2 is 2.21 bits per heavy atom. The third-order valence-electron chi connectivity index (χ3n) is 2.19. The second kappa shape index (κ2) is 5.13. The van der Waals surface area contributed by atoms with Crippen molar-refractivity contribution in [1.29, 1.82) is 0 Å². The third kappa shape index (κ3) is 3.20. The number of rotatable bonds is 5. The minimum absolute atomic E-state index is 0.0144. The predicted molar refractivity (Wildman–Crippen MR) is 72.3 cm³/mol. The maximum atomic E-state index is 12.0. The third-order valence-corrected chi connectivity index (χ3v) is 4.55. The average molecular weight is 302 g/mol. The van der Waals surface area contributed by atoms with E-state index in [4.69, 9.17) is 5.73 Å². The van der Waals surface area contributed by atoms with Crippen LogP contribution in [0.2, 0.25) is 0 Å². The maximum Gasteiger partial charge on any atom is 0.268 e. The summed E-state index contributed by atoms with van der Waals surface area (Å²) in [6.07, 6.45) is 1.90. The molecule has 10 heteroatoms. The molecule has 104 valence electrons.